The summed E-state index contributed by atoms with van der Waals surface area (Å²) in [7, 11) is 0. The molecule has 21 heavy (non-hydrogen) atoms. The highest BCUT2D eigenvalue weighted by atomic mass is 16.6. The summed E-state index contributed by atoms with van der Waals surface area (Å²) in [5.41, 5.74) is 1.04. The van der Waals surface area contributed by atoms with E-state index in [1.165, 1.54) is 0 Å². The van der Waals surface area contributed by atoms with E-state index in [0.717, 1.165) is 31.6 Å². The third-order valence-electron chi connectivity index (χ3n) is 3.85. The minimum atomic E-state index is -0.322. The topological polar surface area (TPSA) is 51.4 Å². The van der Waals surface area contributed by atoms with Gasteiger partial charge in [-0.2, -0.15) is 0 Å². The number of para-hydroxylation sites is 1. The maximum atomic E-state index is 12.0. The van der Waals surface area contributed by atoms with Crippen molar-refractivity contribution >= 4 is 5.97 Å². The van der Waals surface area contributed by atoms with E-state index >= 15 is 0 Å². The summed E-state index contributed by atoms with van der Waals surface area (Å²) in [5.74, 6) is 0.574. The molecule has 0 amide bonds. The van der Waals surface area contributed by atoms with Crippen molar-refractivity contribution in [2.75, 3.05) is 13.2 Å². The number of hydrogen-bond acceptors (Lipinski definition) is 4. The number of allylic oxidation sites excluding steroid dienone is 1. The lowest BCUT2D eigenvalue weighted by atomic mass is 9.90. The molecule has 0 saturated carbocycles. The molecule has 112 valence electrons. The molecule has 0 radical (unpaired) electrons. The normalized spacial score (nSPS) is 25.3. The van der Waals surface area contributed by atoms with Gasteiger partial charge in [0.25, 0.3) is 0 Å². The monoisotopic (exact) mass is 288 g/mol. The highest BCUT2D eigenvalue weighted by Gasteiger charge is 2.32. The average Bonchev–Trinajstić information content (AvgIpc) is 3.34. The van der Waals surface area contributed by atoms with E-state index in [9.17, 15) is 4.79 Å². The molecule has 2 aliphatic rings. The van der Waals surface area contributed by atoms with Crippen LogP contribution < -0.4 is 4.74 Å². The summed E-state index contributed by atoms with van der Waals surface area (Å²) in [6.45, 7) is 3.66. The lowest BCUT2D eigenvalue weighted by Crippen LogP contribution is -2.12. The van der Waals surface area contributed by atoms with Gasteiger partial charge in [-0.25, -0.2) is 4.79 Å². The van der Waals surface area contributed by atoms with Crippen molar-refractivity contribution < 1.29 is 19.0 Å². The summed E-state index contributed by atoms with van der Waals surface area (Å²) in [5, 5.41) is 0. The second-order valence-corrected chi connectivity index (χ2v) is 5.70. The van der Waals surface area contributed by atoms with E-state index in [1.807, 2.05) is 25.1 Å². The first kappa shape index (κ1) is 14.3. The molecule has 0 spiro atoms. The van der Waals surface area contributed by atoms with E-state index < -0.39 is 0 Å². The molecule has 1 aromatic rings. The van der Waals surface area contributed by atoms with Gasteiger partial charge in [-0.15, -0.1) is 0 Å². The van der Waals surface area contributed by atoms with Crippen LogP contribution in [0.1, 0.15) is 19.8 Å². The molecule has 2 fully saturated rings. The van der Waals surface area contributed by atoms with Crippen LogP contribution >= 0.6 is 0 Å². The number of hydrogen-bond donors (Lipinski definition) is 0. The fraction of sp³-hybridized carbons (Fsp3) is 0.471. The van der Waals surface area contributed by atoms with Crippen LogP contribution in [0.3, 0.4) is 0 Å². The van der Waals surface area contributed by atoms with E-state index in [2.05, 4.69) is 0 Å². The number of esters is 1. The number of benzene rings is 1. The SMILES string of the molecule is CC(=CC(=O)Oc1ccccc1)C(CC1CO1)CC1CO1. The fourth-order valence-corrected chi connectivity index (χ4v) is 2.45. The Hall–Kier alpha value is -1.65. The van der Waals surface area contributed by atoms with Gasteiger partial charge in [0, 0.05) is 6.08 Å². The van der Waals surface area contributed by atoms with Gasteiger partial charge < -0.3 is 14.2 Å². The molecule has 2 saturated heterocycles. The van der Waals surface area contributed by atoms with Crippen molar-refractivity contribution in [2.24, 2.45) is 5.92 Å². The molecule has 0 aliphatic carbocycles. The zero-order chi connectivity index (χ0) is 14.7. The van der Waals surface area contributed by atoms with Crippen LogP contribution in [-0.4, -0.2) is 31.4 Å². The van der Waals surface area contributed by atoms with Gasteiger partial charge in [0.15, 0.2) is 0 Å². The number of rotatable bonds is 7. The smallest absolute Gasteiger partial charge is 0.336 e. The Labute approximate surface area is 124 Å². The highest BCUT2D eigenvalue weighted by molar-refractivity contribution is 5.84. The Morgan fingerprint density at radius 1 is 1.24 bits per heavy atom. The largest absolute Gasteiger partial charge is 0.423 e. The van der Waals surface area contributed by atoms with Gasteiger partial charge in [-0.1, -0.05) is 23.8 Å². The van der Waals surface area contributed by atoms with Crippen LogP contribution in [0.5, 0.6) is 5.75 Å². The van der Waals surface area contributed by atoms with Crippen LogP contribution in [0, 0.1) is 5.92 Å². The van der Waals surface area contributed by atoms with Crippen molar-refractivity contribution in [3.8, 4) is 5.75 Å². The molecule has 2 heterocycles. The molecular formula is C17H20O4. The molecule has 1 aromatic carbocycles. The first-order chi connectivity index (χ1) is 10.2. The van der Waals surface area contributed by atoms with Gasteiger partial charge in [0.2, 0.25) is 0 Å². The summed E-state index contributed by atoms with van der Waals surface area (Å²) in [6, 6.07) is 9.12. The molecule has 4 nitrogen and oxygen atoms in total. The summed E-state index contributed by atoms with van der Waals surface area (Å²) in [4.78, 5) is 12.0. The summed E-state index contributed by atoms with van der Waals surface area (Å²) in [6.07, 6.45) is 4.22. The maximum Gasteiger partial charge on any atom is 0.336 e. The first-order valence-corrected chi connectivity index (χ1v) is 7.39. The van der Waals surface area contributed by atoms with Crippen LogP contribution in [-0.2, 0) is 14.3 Å². The maximum absolute atomic E-state index is 12.0. The third kappa shape index (κ3) is 4.69. The second kappa shape index (κ2) is 6.41. The van der Waals surface area contributed by atoms with Crippen molar-refractivity contribution in [3.63, 3.8) is 0 Å². The average molecular weight is 288 g/mol. The predicted octanol–water partition coefficient (Wildman–Crippen LogP) is 2.73. The summed E-state index contributed by atoms with van der Waals surface area (Å²) >= 11 is 0. The predicted molar refractivity (Wildman–Crippen MR) is 78.0 cm³/mol. The van der Waals surface area contributed by atoms with Gasteiger partial charge in [0.05, 0.1) is 25.4 Å². The van der Waals surface area contributed by atoms with Crippen molar-refractivity contribution in [1.82, 2.24) is 0 Å². The zero-order valence-corrected chi connectivity index (χ0v) is 12.2. The van der Waals surface area contributed by atoms with Gasteiger partial charge in [-0.3, -0.25) is 0 Å². The van der Waals surface area contributed by atoms with E-state index in [4.69, 9.17) is 14.2 Å². The molecule has 2 atom stereocenters. The Bertz CT molecular complexity index is 501. The summed E-state index contributed by atoms with van der Waals surface area (Å²) < 4.78 is 15.9. The standard InChI is InChI=1S/C17H20O4/c1-12(7-17(18)21-14-5-3-2-4-6-14)13(8-15-10-19-15)9-16-11-20-16/h2-7,13,15-16H,8-11H2,1H3. The van der Waals surface area contributed by atoms with Gasteiger partial charge in [-0.05, 0) is 37.8 Å². The third-order valence-corrected chi connectivity index (χ3v) is 3.85. The van der Waals surface area contributed by atoms with Crippen molar-refractivity contribution in [2.45, 2.75) is 32.0 Å². The lowest BCUT2D eigenvalue weighted by molar-refractivity contribution is -0.129. The highest BCUT2D eigenvalue weighted by Crippen LogP contribution is 2.31. The molecule has 0 aromatic heterocycles. The molecule has 0 N–H and O–H groups in total. The minimum Gasteiger partial charge on any atom is -0.423 e. The van der Waals surface area contributed by atoms with Crippen LogP contribution in [0.2, 0.25) is 0 Å². The van der Waals surface area contributed by atoms with E-state index in [-0.39, 0.29) is 5.97 Å². The second-order valence-electron chi connectivity index (χ2n) is 5.70. The molecular weight excluding hydrogens is 268 g/mol. The minimum absolute atomic E-state index is 0.322. The van der Waals surface area contributed by atoms with Crippen molar-refractivity contribution in [1.29, 1.82) is 0 Å². The number of ether oxygens (including phenoxy) is 3. The Morgan fingerprint density at radius 3 is 2.33 bits per heavy atom. The first-order valence-electron chi connectivity index (χ1n) is 7.39. The van der Waals surface area contributed by atoms with E-state index in [0.29, 0.717) is 23.9 Å². The Morgan fingerprint density at radius 2 is 1.81 bits per heavy atom. The van der Waals surface area contributed by atoms with Crippen LogP contribution in [0.25, 0.3) is 0 Å². The van der Waals surface area contributed by atoms with Gasteiger partial charge >= 0.3 is 5.97 Å². The molecule has 2 aliphatic heterocycles. The molecule has 0 bridgehead atoms. The molecule has 2 unspecified atom stereocenters. The zero-order valence-electron chi connectivity index (χ0n) is 12.2. The van der Waals surface area contributed by atoms with Crippen LogP contribution in [0.15, 0.2) is 42.0 Å². The van der Waals surface area contributed by atoms with Crippen molar-refractivity contribution in [3.05, 3.63) is 42.0 Å². The van der Waals surface area contributed by atoms with Gasteiger partial charge in [0.1, 0.15) is 5.75 Å². The number of carbonyl (C=O) groups excluding carboxylic acids is 1. The fourth-order valence-electron chi connectivity index (χ4n) is 2.45. The Kier molecular flexibility index (Phi) is 4.36. The number of epoxide rings is 2. The molecule has 3 rings (SSSR count). The lowest BCUT2D eigenvalue weighted by Gasteiger charge is -2.15. The van der Waals surface area contributed by atoms with Crippen LogP contribution in [0.4, 0.5) is 0 Å². The number of carbonyl (C=O) groups is 1. The molecule has 4 heteroatoms. The van der Waals surface area contributed by atoms with E-state index in [1.54, 1.807) is 18.2 Å². The Balaban J connectivity index is 1.59. The quantitative estimate of drug-likeness (QED) is 0.335.